The van der Waals surface area contributed by atoms with Gasteiger partial charge in [0, 0.05) is 19.3 Å². The lowest BCUT2D eigenvalue weighted by atomic mass is 10.2. The topological polar surface area (TPSA) is 56.5 Å². The lowest BCUT2D eigenvalue weighted by Gasteiger charge is -2.10. The molecule has 0 spiro atoms. The number of nitrogen functional groups attached to an aromatic ring is 1. The molecular weight excluding hydrogens is 180 g/mol. The van der Waals surface area contributed by atoms with E-state index < -0.39 is 0 Å². The van der Waals surface area contributed by atoms with E-state index in [1.165, 1.54) is 0 Å². The third-order valence-electron chi connectivity index (χ3n) is 2.28. The molecule has 0 unspecified atom stereocenters. The molecule has 0 aliphatic carbocycles. The van der Waals surface area contributed by atoms with Crippen LogP contribution in [0, 0.1) is 0 Å². The highest BCUT2D eigenvalue weighted by molar-refractivity contribution is 5.63. The molecule has 3 N–H and O–H groups in total. The Morgan fingerprint density at radius 1 is 1.57 bits per heavy atom. The van der Waals surface area contributed by atoms with Gasteiger partial charge in [-0.05, 0) is 18.2 Å². The van der Waals surface area contributed by atoms with Crippen LogP contribution in [-0.4, -0.2) is 26.4 Å². The third-order valence-corrected chi connectivity index (χ3v) is 2.28. The monoisotopic (exact) mass is 194 g/mol. The summed E-state index contributed by atoms with van der Waals surface area (Å²) in [5.74, 6) is 0.832. The molecule has 0 aromatic heterocycles. The van der Waals surface area contributed by atoms with Gasteiger partial charge in [0.1, 0.15) is 18.5 Å². The molecule has 1 atom stereocenters. The summed E-state index contributed by atoms with van der Waals surface area (Å²) in [6, 6.07) is 5.57. The molecule has 1 aromatic rings. The Bertz CT molecular complexity index is 328. The molecule has 76 valence electrons. The van der Waals surface area contributed by atoms with Crippen LogP contribution in [0.25, 0.3) is 0 Å². The Labute approximate surface area is 83.0 Å². The van der Waals surface area contributed by atoms with Crippen LogP contribution >= 0.6 is 0 Å². The number of hydrogen-bond acceptors (Lipinski definition) is 4. The fraction of sp³-hybridized carbons (Fsp3) is 0.400. The number of nitrogens with one attached hydrogen (secondary N) is 1. The Kier molecular flexibility index (Phi) is 2.45. The standard InChI is InChI=1S/C10H14N2O2/c1-13-8-5-12-9-4-7(11)2-3-10(9)14-6-8/h2-4,8,12H,5-6,11H2,1H3/t8-/m0/s1. The van der Waals surface area contributed by atoms with Crippen molar-refractivity contribution in [2.24, 2.45) is 0 Å². The minimum atomic E-state index is 0.0867. The summed E-state index contributed by atoms with van der Waals surface area (Å²) in [7, 11) is 1.68. The van der Waals surface area contributed by atoms with E-state index in [-0.39, 0.29) is 6.10 Å². The molecule has 0 saturated carbocycles. The fourth-order valence-electron chi connectivity index (χ4n) is 1.43. The Morgan fingerprint density at radius 3 is 3.21 bits per heavy atom. The van der Waals surface area contributed by atoms with Crippen LogP contribution < -0.4 is 15.8 Å². The molecule has 0 bridgehead atoms. The maximum atomic E-state index is 5.67. The predicted octanol–water partition coefficient (Wildman–Crippen LogP) is 1.09. The number of methoxy groups -OCH3 is 1. The Morgan fingerprint density at radius 2 is 2.43 bits per heavy atom. The average Bonchev–Trinajstić information content (AvgIpc) is 2.39. The van der Waals surface area contributed by atoms with Crippen LogP contribution in [0.3, 0.4) is 0 Å². The highest BCUT2D eigenvalue weighted by Crippen LogP contribution is 2.28. The fourth-order valence-corrected chi connectivity index (χ4v) is 1.43. The lowest BCUT2D eigenvalue weighted by Crippen LogP contribution is -2.25. The van der Waals surface area contributed by atoms with Crippen molar-refractivity contribution < 1.29 is 9.47 Å². The SMILES string of the molecule is CO[C@H]1CNc2cc(N)ccc2OC1. The van der Waals surface area contributed by atoms with Crippen LogP contribution in [0.15, 0.2) is 18.2 Å². The first-order chi connectivity index (χ1) is 6.79. The molecule has 14 heavy (non-hydrogen) atoms. The van der Waals surface area contributed by atoms with Gasteiger partial charge >= 0.3 is 0 Å². The molecule has 1 aliphatic heterocycles. The van der Waals surface area contributed by atoms with E-state index in [9.17, 15) is 0 Å². The van der Waals surface area contributed by atoms with Crippen LogP contribution in [0.5, 0.6) is 5.75 Å². The van der Waals surface area contributed by atoms with Gasteiger partial charge in [-0.25, -0.2) is 0 Å². The first-order valence-corrected chi connectivity index (χ1v) is 4.58. The Balaban J connectivity index is 2.21. The van der Waals surface area contributed by atoms with Gasteiger partial charge in [0.25, 0.3) is 0 Å². The maximum Gasteiger partial charge on any atom is 0.142 e. The summed E-state index contributed by atoms with van der Waals surface area (Å²) in [5.41, 5.74) is 7.34. The number of fused-ring (bicyclic) bond motifs is 1. The summed E-state index contributed by atoms with van der Waals surface area (Å²) in [4.78, 5) is 0. The zero-order chi connectivity index (χ0) is 9.97. The van der Waals surface area contributed by atoms with E-state index in [2.05, 4.69) is 5.32 Å². The van der Waals surface area contributed by atoms with Crippen molar-refractivity contribution in [1.29, 1.82) is 0 Å². The van der Waals surface area contributed by atoms with E-state index in [1.807, 2.05) is 18.2 Å². The van der Waals surface area contributed by atoms with Gasteiger partial charge in [-0.1, -0.05) is 0 Å². The smallest absolute Gasteiger partial charge is 0.142 e. The van der Waals surface area contributed by atoms with Crippen molar-refractivity contribution in [3.8, 4) is 5.75 Å². The molecule has 0 amide bonds. The summed E-state index contributed by atoms with van der Waals surface area (Å²) >= 11 is 0. The predicted molar refractivity (Wildman–Crippen MR) is 55.6 cm³/mol. The number of benzene rings is 1. The van der Waals surface area contributed by atoms with Crippen molar-refractivity contribution in [2.45, 2.75) is 6.10 Å². The van der Waals surface area contributed by atoms with E-state index in [0.29, 0.717) is 6.61 Å². The summed E-state index contributed by atoms with van der Waals surface area (Å²) in [5, 5.41) is 3.24. The molecule has 0 fully saturated rings. The van der Waals surface area contributed by atoms with Gasteiger partial charge in [0.15, 0.2) is 0 Å². The second-order valence-electron chi connectivity index (χ2n) is 3.31. The average molecular weight is 194 g/mol. The zero-order valence-electron chi connectivity index (χ0n) is 8.12. The second kappa shape index (κ2) is 3.75. The molecule has 2 rings (SSSR count). The van der Waals surface area contributed by atoms with Gasteiger partial charge < -0.3 is 20.5 Å². The van der Waals surface area contributed by atoms with E-state index in [1.54, 1.807) is 7.11 Å². The second-order valence-corrected chi connectivity index (χ2v) is 3.31. The molecule has 0 radical (unpaired) electrons. The molecule has 1 heterocycles. The third kappa shape index (κ3) is 1.75. The quantitative estimate of drug-likeness (QED) is 0.657. The minimum absolute atomic E-state index is 0.0867. The first-order valence-electron chi connectivity index (χ1n) is 4.58. The van der Waals surface area contributed by atoms with Gasteiger partial charge in [0.05, 0.1) is 5.69 Å². The van der Waals surface area contributed by atoms with Crippen molar-refractivity contribution in [3.05, 3.63) is 18.2 Å². The molecule has 4 nitrogen and oxygen atoms in total. The van der Waals surface area contributed by atoms with Gasteiger partial charge in [-0.3, -0.25) is 0 Å². The van der Waals surface area contributed by atoms with Crippen molar-refractivity contribution in [2.75, 3.05) is 31.3 Å². The molecule has 4 heteroatoms. The lowest BCUT2D eigenvalue weighted by molar-refractivity contribution is 0.0709. The summed E-state index contributed by atoms with van der Waals surface area (Å²) in [6.45, 7) is 1.31. The maximum absolute atomic E-state index is 5.67. The van der Waals surface area contributed by atoms with Crippen molar-refractivity contribution in [1.82, 2.24) is 0 Å². The highest BCUT2D eigenvalue weighted by Gasteiger charge is 2.15. The zero-order valence-corrected chi connectivity index (χ0v) is 8.12. The molecule has 1 aromatic carbocycles. The highest BCUT2D eigenvalue weighted by atomic mass is 16.5. The summed E-state index contributed by atoms with van der Waals surface area (Å²) in [6.07, 6.45) is 0.0867. The molecular formula is C10H14N2O2. The van der Waals surface area contributed by atoms with E-state index >= 15 is 0 Å². The largest absolute Gasteiger partial charge is 0.489 e. The molecule has 0 saturated heterocycles. The van der Waals surface area contributed by atoms with Gasteiger partial charge in [-0.2, -0.15) is 0 Å². The number of nitrogens with two attached hydrogens (primary N) is 1. The minimum Gasteiger partial charge on any atom is -0.489 e. The Hall–Kier alpha value is -1.42. The van der Waals surface area contributed by atoms with Crippen molar-refractivity contribution in [3.63, 3.8) is 0 Å². The number of rotatable bonds is 1. The van der Waals surface area contributed by atoms with Crippen LogP contribution in [0.4, 0.5) is 11.4 Å². The van der Waals surface area contributed by atoms with Crippen LogP contribution in [0.1, 0.15) is 0 Å². The molecule has 1 aliphatic rings. The normalized spacial score (nSPS) is 20.2. The number of anilines is 2. The van der Waals surface area contributed by atoms with Crippen LogP contribution in [0.2, 0.25) is 0 Å². The van der Waals surface area contributed by atoms with Gasteiger partial charge in [-0.15, -0.1) is 0 Å². The number of ether oxygens (including phenoxy) is 2. The number of hydrogen-bond donors (Lipinski definition) is 2. The van der Waals surface area contributed by atoms with E-state index in [0.717, 1.165) is 23.7 Å². The first kappa shape index (κ1) is 9.15. The van der Waals surface area contributed by atoms with Crippen LogP contribution in [-0.2, 0) is 4.74 Å². The van der Waals surface area contributed by atoms with E-state index in [4.69, 9.17) is 15.2 Å². The van der Waals surface area contributed by atoms with Gasteiger partial charge in [0.2, 0.25) is 0 Å². The van der Waals surface area contributed by atoms with Crippen molar-refractivity contribution >= 4 is 11.4 Å². The summed E-state index contributed by atoms with van der Waals surface area (Å²) < 4.78 is 10.8.